The zero-order valence-electron chi connectivity index (χ0n) is 22.3. The molecule has 0 atom stereocenters. The molecule has 2 nitrogen and oxygen atoms in total. The Morgan fingerprint density at radius 2 is 1.07 bits per heavy atom. The molecule has 0 spiro atoms. The fourth-order valence-corrected chi connectivity index (χ4v) is 6.62. The van der Waals surface area contributed by atoms with Gasteiger partial charge >= 0.3 is 0 Å². The molecule has 0 radical (unpaired) electrons. The Balaban J connectivity index is 1.29. The Hall–Kier alpha value is -5.47. The molecule has 190 valence electrons. The Bertz CT molecular complexity index is 2460. The number of para-hydroxylation sites is 2. The van der Waals surface area contributed by atoms with E-state index in [9.17, 15) is 0 Å². The van der Waals surface area contributed by atoms with Crippen molar-refractivity contribution >= 4 is 59.9 Å². The van der Waals surface area contributed by atoms with Crippen LogP contribution in [0, 0.1) is 0 Å². The molecule has 0 saturated heterocycles. The zero-order valence-corrected chi connectivity index (χ0v) is 22.3. The molecule has 0 saturated carbocycles. The number of nitrogens with zero attached hydrogens (tertiary/aromatic N) is 2. The summed E-state index contributed by atoms with van der Waals surface area (Å²) in [4.78, 5) is 5.18. The predicted octanol–water partition coefficient (Wildman–Crippen LogP) is 10.4. The lowest BCUT2D eigenvalue weighted by molar-refractivity contribution is 1.32. The van der Waals surface area contributed by atoms with Gasteiger partial charge in [0.2, 0.25) is 0 Å². The highest BCUT2D eigenvalue weighted by Crippen LogP contribution is 2.38. The molecule has 0 aliphatic rings. The second-order valence-electron chi connectivity index (χ2n) is 10.8. The number of rotatable bonds is 2. The van der Waals surface area contributed by atoms with Crippen LogP contribution in [0.15, 0.2) is 146 Å². The highest BCUT2D eigenvalue weighted by Gasteiger charge is 2.16. The third kappa shape index (κ3) is 3.28. The minimum atomic E-state index is 1.01. The maximum Gasteiger partial charge on any atom is 0.147 e. The Morgan fingerprint density at radius 3 is 1.95 bits per heavy atom. The van der Waals surface area contributed by atoms with Crippen molar-refractivity contribution in [3.05, 3.63) is 146 Å². The third-order valence-electron chi connectivity index (χ3n) is 8.56. The smallest absolute Gasteiger partial charge is 0.147 e. The van der Waals surface area contributed by atoms with E-state index in [-0.39, 0.29) is 0 Å². The second kappa shape index (κ2) is 8.51. The van der Waals surface area contributed by atoms with Crippen LogP contribution >= 0.6 is 0 Å². The van der Waals surface area contributed by atoms with Crippen molar-refractivity contribution in [1.82, 2.24) is 9.38 Å². The van der Waals surface area contributed by atoms with E-state index in [1.54, 1.807) is 0 Å². The van der Waals surface area contributed by atoms with E-state index >= 15 is 0 Å². The van der Waals surface area contributed by atoms with Gasteiger partial charge in [0.15, 0.2) is 0 Å². The standard InChI is InChI=1S/C39H24N2/c1-3-11-30-26(8-1)10-7-13-31(30)28-18-16-25(17-19-28)29-21-22-33-34-23-20-27-9-2-4-12-32(27)38(34)39-40-35-14-5-6-15-36(35)41(39)37(33)24-29/h1-24H. The van der Waals surface area contributed by atoms with Crippen molar-refractivity contribution in [1.29, 1.82) is 0 Å². The van der Waals surface area contributed by atoms with Gasteiger partial charge in [-0.15, -0.1) is 0 Å². The van der Waals surface area contributed by atoms with Gasteiger partial charge in [0, 0.05) is 10.8 Å². The quantitative estimate of drug-likeness (QED) is 0.207. The molecule has 0 unspecified atom stereocenters. The van der Waals surface area contributed by atoms with Crippen LogP contribution in [0.3, 0.4) is 0 Å². The normalized spacial score (nSPS) is 11.9. The van der Waals surface area contributed by atoms with Crippen molar-refractivity contribution in [2.75, 3.05) is 0 Å². The van der Waals surface area contributed by atoms with E-state index in [4.69, 9.17) is 4.98 Å². The summed E-state index contributed by atoms with van der Waals surface area (Å²) in [6.07, 6.45) is 0. The van der Waals surface area contributed by atoms with Crippen LogP contribution in [0.25, 0.3) is 82.2 Å². The molecule has 0 fully saturated rings. The van der Waals surface area contributed by atoms with Gasteiger partial charge in [0.1, 0.15) is 5.65 Å². The molecule has 2 heterocycles. The summed E-state index contributed by atoms with van der Waals surface area (Å²) in [5, 5.41) is 8.69. The highest BCUT2D eigenvalue weighted by atomic mass is 15.0. The fourth-order valence-electron chi connectivity index (χ4n) is 6.62. The Labute approximate surface area is 236 Å². The highest BCUT2D eigenvalue weighted by molar-refractivity contribution is 6.23. The van der Waals surface area contributed by atoms with Gasteiger partial charge in [-0.05, 0) is 67.4 Å². The first-order chi connectivity index (χ1) is 20.3. The van der Waals surface area contributed by atoms with Gasteiger partial charge in [0.25, 0.3) is 0 Å². The molecule has 2 aromatic heterocycles. The number of hydrogen-bond acceptors (Lipinski definition) is 1. The summed E-state index contributed by atoms with van der Waals surface area (Å²) < 4.78 is 2.35. The summed E-state index contributed by atoms with van der Waals surface area (Å²) >= 11 is 0. The van der Waals surface area contributed by atoms with E-state index < -0.39 is 0 Å². The number of pyridine rings is 1. The fraction of sp³-hybridized carbons (Fsp3) is 0. The molecular weight excluding hydrogens is 496 g/mol. The van der Waals surface area contributed by atoms with Crippen molar-refractivity contribution in [3.63, 3.8) is 0 Å². The zero-order chi connectivity index (χ0) is 26.9. The molecule has 0 aliphatic carbocycles. The van der Waals surface area contributed by atoms with Crippen LogP contribution in [0.1, 0.15) is 0 Å². The van der Waals surface area contributed by atoms with E-state index in [0.717, 1.165) is 16.7 Å². The van der Waals surface area contributed by atoms with Crippen LogP contribution in [-0.2, 0) is 0 Å². The van der Waals surface area contributed by atoms with Gasteiger partial charge in [-0.1, -0.05) is 127 Å². The maximum atomic E-state index is 5.18. The molecule has 41 heavy (non-hydrogen) atoms. The minimum Gasteiger partial charge on any atom is -0.292 e. The van der Waals surface area contributed by atoms with E-state index in [1.165, 1.54) is 65.5 Å². The van der Waals surface area contributed by atoms with E-state index in [2.05, 4.69) is 150 Å². The summed E-state index contributed by atoms with van der Waals surface area (Å²) in [6.45, 7) is 0. The number of benzene rings is 7. The number of fused-ring (bicyclic) bond motifs is 11. The monoisotopic (exact) mass is 520 g/mol. The lowest BCUT2D eigenvalue weighted by atomic mass is 9.95. The summed E-state index contributed by atoms with van der Waals surface area (Å²) in [6, 6.07) is 52.6. The predicted molar refractivity (Wildman–Crippen MR) is 174 cm³/mol. The first-order valence-electron chi connectivity index (χ1n) is 14.1. The van der Waals surface area contributed by atoms with E-state index in [1.807, 2.05) is 0 Å². The van der Waals surface area contributed by atoms with Crippen LogP contribution in [0.4, 0.5) is 0 Å². The van der Waals surface area contributed by atoms with Crippen molar-refractivity contribution < 1.29 is 0 Å². The maximum absolute atomic E-state index is 5.18. The molecule has 0 aliphatic heterocycles. The number of aromatic nitrogens is 2. The molecule has 0 N–H and O–H groups in total. The van der Waals surface area contributed by atoms with Crippen molar-refractivity contribution in [2.24, 2.45) is 0 Å². The largest absolute Gasteiger partial charge is 0.292 e. The second-order valence-corrected chi connectivity index (χ2v) is 10.8. The molecule has 0 amide bonds. The number of imidazole rings is 1. The molecule has 7 aromatic carbocycles. The average Bonchev–Trinajstić information content (AvgIpc) is 3.44. The van der Waals surface area contributed by atoms with Gasteiger partial charge in [-0.3, -0.25) is 4.40 Å². The SMILES string of the molecule is c1ccc2c(-c3ccc(-c4ccc5c6ccc7ccccc7c6c6nc7ccccc7n6c5c4)cc3)cccc2c1. The average molecular weight is 521 g/mol. The Kier molecular flexibility index (Phi) is 4.64. The van der Waals surface area contributed by atoms with Crippen molar-refractivity contribution in [2.45, 2.75) is 0 Å². The van der Waals surface area contributed by atoms with Gasteiger partial charge < -0.3 is 0 Å². The van der Waals surface area contributed by atoms with Crippen LogP contribution in [-0.4, -0.2) is 9.38 Å². The Morgan fingerprint density at radius 1 is 0.415 bits per heavy atom. The van der Waals surface area contributed by atoms with Crippen LogP contribution in [0.2, 0.25) is 0 Å². The summed E-state index contributed by atoms with van der Waals surface area (Å²) in [7, 11) is 0. The third-order valence-corrected chi connectivity index (χ3v) is 8.56. The molecule has 9 rings (SSSR count). The van der Waals surface area contributed by atoms with Crippen molar-refractivity contribution in [3.8, 4) is 22.3 Å². The summed E-state index contributed by atoms with van der Waals surface area (Å²) in [5.74, 6) is 0. The first-order valence-corrected chi connectivity index (χ1v) is 14.1. The number of hydrogen-bond donors (Lipinski definition) is 0. The minimum absolute atomic E-state index is 1.01. The molecular formula is C39H24N2. The van der Waals surface area contributed by atoms with Gasteiger partial charge in [0.05, 0.1) is 16.6 Å². The van der Waals surface area contributed by atoms with Crippen LogP contribution < -0.4 is 0 Å². The van der Waals surface area contributed by atoms with Crippen LogP contribution in [0.5, 0.6) is 0 Å². The lowest BCUT2D eigenvalue weighted by Gasteiger charge is -2.13. The molecule has 2 heteroatoms. The summed E-state index contributed by atoms with van der Waals surface area (Å²) in [5.41, 5.74) is 9.21. The topological polar surface area (TPSA) is 17.3 Å². The first kappa shape index (κ1) is 22.4. The lowest BCUT2D eigenvalue weighted by Crippen LogP contribution is -1.93. The molecule has 0 bridgehead atoms. The molecule has 9 aromatic rings. The van der Waals surface area contributed by atoms with E-state index in [0.29, 0.717) is 0 Å². The van der Waals surface area contributed by atoms with Gasteiger partial charge in [-0.25, -0.2) is 4.98 Å². The van der Waals surface area contributed by atoms with Gasteiger partial charge in [-0.2, -0.15) is 0 Å².